The number of hydrogen-bond acceptors (Lipinski definition) is 4. The Bertz CT molecular complexity index is 138. The number of aliphatic hydroxyl groups is 1. The summed E-state index contributed by atoms with van der Waals surface area (Å²) >= 11 is 0. The normalized spacial score (nSPS) is 21.0. The van der Waals surface area contributed by atoms with Crippen molar-refractivity contribution in [2.24, 2.45) is 5.92 Å². The summed E-state index contributed by atoms with van der Waals surface area (Å²) in [5.41, 5.74) is 0. The number of nitrogens with zero attached hydrogens (tertiary/aromatic N) is 1. The van der Waals surface area contributed by atoms with E-state index in [0.29, 0.717) is 5.92 Å². The molecule has 1 rings (SSSR count). The van der Waals surface area contributed by atoms with Gasteiger partial charge in [-0.2, -0.15) is 0 Å². The van der Waals surface area contributed by atoms with E-state index in [4.69, 9.17) is 9.84 Å². The van der Waals surface area contributed by atoms with Gasteiger partial charge in [0.15, 0.2) is 0 Å². The lowest BCUT2D eigenvalue weighted by atomic mass is 10.2. The number of aliphatic hydroxyl groups excluding tert-OH is 1. The first kappa shape index (κ1) is 11.9. The highest BCUT2D eigenvalue weighted by Gasteiger charge is 2.09. The summed E-state index contributed by atoms with van der Waals surface area (Å²) in [6, 6.07) is 0. The zero-order chi connectivity index (χ0) is 10.2. The van der Waals surface area contributed by atoms with E-state index in [-0.39, 0.29) is 6.61 Å². The largest absolute Gasteiger partial charge is 0.396 e. The van der Waals surface area contributed by atoms with E-state index < -0.39 is 0 Å². The standard InChI is InChI=1S/C10H22N2O2/c1-10(9-13)8-11-2-3-12-4-6-14-7-5-12/h10-11,13H,2-9H2,1H3. The van der Waals surface area contributed by atoms with Crippen LogP contribution in [0.15, 0.2) is 0 Å². The number of nitrogens with one attached hydrogen (secondary N) is 1. The first-order valence-corrected chi connectivity index (χ1v) is 5.44. The zero-order valence-corrected chi connectivity index (χ0v) is 9.04. The number of hydrogen-bond donors (Lipinski definition) is 2. The highest BCUT2D eigenvalue weighted by molar-refractivity contribution is 4.63. The lowest BCUT2D eigenvalue weighted by Crippen LogP contribution is -2.41. The molecule has 4 heteroatoms. The summed E-state index contributed by atoms with van der Waals surface area (Å²) in [4.78, 5) is 2.40. The van der Waals surface area contributed by atoms with Gasteiger partial charge in [-0.15, -0.1) is 0 Å². The molecule has 0 aromatic carbocycles. The molecule has 1 fully saturated rings. The maximum atomic E-state index is 8.82. The molecule has 1 heterocycles. The summed E-state index contributed by atoms with van der Waals surface area (Å²) in [6.45, 7) is 9.15. The molecule has 14 heavy (non-hydrogen) atoms. The van der Waals surface area contributed by atoms with Crippen LogP contribution in [0, 0.1) is 5.92 Å². The predicted octanol–water partition coefficient (Wildman–Crippen LogP) is -0.463. The van der Waals surface area contributed by atoms with Gasteiger partial charge in [0.25, 0.3) is 0 Å². The predicted molar refractivity (Wildman–Crippen MR) is 56.4 cm³/mol. The molecule has 4 nitrogen and oxygen atoms in total. The van der Waals surface area contributed by atoms with Gasteiger partial charge in [0.05, 0.1) is 13.2 Å². The van der Waals surface area contributed by atoms with Crippen LogP contribution < -0.4 is 5.32 Å². The molecule has 0 saturated carbocycles. The van der Waals surface area contributed by atoms with Crippen LogP contribution in [0.5, 0.6) is 0 Å². The number of rotatable bonds is 6. The van der Waals surface area contributed by atoms with E-state index in [1.807, 2.05) is 6.92 Å². The molecule has 84 valence electrons. The average molecular weight is 202 g/mol. The van der Waals surface area contributed by atoms with Crippen LogP contribution in [-0.4, -0.2) is 62.6 Å². The Kier molecular flexibility index (Phi) is 6.10. The van der Waals surface area contributed by atoms with Crippen molar-refractivity contribution in [3.05, 3.63) is 0 Å². The van der Waals surface area contributed by atoms with E-state index in [2.05, 4.69) is 10.2 Å². The van der Waals surface area contributed by atoms with Crippen molar-refractivity contribution in [2.45, 2.75) is 6.92 Å². The Morgan fingerprint density at radius 2 is 2.14 bits per heavy atom. The summed E-state index contributed by atoms with van der Waals surface area (Å²) < 4.78 is 5.27. The maximum absolute atomic E-state index is 8.82. The van der Waals surface area contributed by atoms with Gasteiger partial charge in [0.2, 0.25) is 0 Å². The molecule has 1 unspecified atom stereocenters. The van der Waals surface area contributed by atoms with Crippen LogP contribution in [0.4, 0.5) is 0 Å². The minimum Gasteiger partial charge on any atom is -0.396 e. The van der Waals surface area contributed by atoms with Gasteiger partial charge in [-0.05, 0) is 12.5 Å². The van der Waals surface area contributed by atoms with Gasteiger partial charge in [0, 0.05) is 32.8 Å². The minimum absolute atomic E-state index is 0.268. The molecule has 0 bridgehead atoms. The molecular formula is C10H22N2O2. The first-order chi connectivity index (χ1) is 6.83. The third-order valence-electron chi connectivity index (χ3n) is 2.51. The van der Waals surface area contributed by atoms with Crippen LogP contribution in [0.2, 0.25) is 0 Å². The number of morpholine rings is 1. The lowest BCUT2D eigenvalue weighted by molar-refractivity contribution is 0.0383. The Balaban J connectivity index is 1.92. The van der Waals surface area contributed by atoms with Gasteiger partial charge in [-0.1, -0.05) is 6.92 Å². The fourth-order valence-electron chi connectivity index (χ4n) is 1.47. The van der Waals surface area contributed by atoms with Gasteiger partial charge < -0.3 is 15.2 Å². The van der Waals surface area contributed by atoms with Crippen molar-refractivity contribution >= 4 is 0 Å². The Hall–Kier alpha value is -0.160. The Morgan fingerprint density at radius 3 is 2.79 bits per heavy atom. The van der Waals surface area contributed by atoms with E-state index >= 15 is 0 Å². The van der Waals surface area contributed by atoms with Gasteiger partial charge in [-0.3, -0.25) is 4.90 Å². The first-order valence-electron chi connectivity index (χ1n) is 5.44. The van der Waals surface area contributed by atoms with Crippen molar-refractivity contribution in [3.63, 3.8) is 0 Å². The fourth-order valence-corrected chi connectivity index (χ4v) is 1.47. The second kappa shape index (κ2) is 7.17. The molecule has 0 aromatic rings. The lowest BCUT2D eigenvalue weighted by Gasteiger charge is -2.26. The van der Waals surface area contributed by atoms with Gasteiger partial charge in [-0.25, -0.2) is 0 Å². The molecule has 1 atom stereocenters. The van der Waals surface area contributed by atoms with Crippen LogP contribution in [0.25, 0.3) is 0 Å². The monoisotopic (exact) mass is 202 g/mol. The van der Waals surface area contributed by atoms with E-state index in [0.717, 1.165) is 45.9 Å². The smallest absolute Gasteiger partial charge is 0.0594 e. The molecule has 2 N–H and O–H groups in total. The zero-order valence-electron chi connectivity index (χ0n) is 9.04. The summed E-state index contributed by atoms with van der Waals surface area (Å²) in [7, 11) is 0. The molecule has 0 amide bonds. The quantitative estimate of drug-likeness (QED) is 0.572. The third-order valence-corrected chi connectivity index (χ3v) is 2.51. The molecule has 0 radical (unpaired) electrons. The van der Waals surface area contributed by atoms with Gasteiger partial charge >= 0.3 is 0 Å². The van der Waals surface area contributed by atoms with Crippen LogP contribution >= 0.6 is 0 Å². The third kappa shape index (κ3) is 4.91. The molecule has 1 saturated heterocycles. The van der Waals surface area contributed by atoms with Crippen molar-refractivity contribution in [3.8, 4) is 0 Å². The summed E-state index contributed by atoms with van der Waals surface area (Å²) in [5.74, 6) is 0.361. The molecular weight excluding hydrogens is 180 g/mol. The molecule has 1 aliphatic heterocycles. The van der Waals surface area contributed by atoms with Crippen molar-refractivity contribution < 1.29 is 9.84 Å². The highest BCUT2D eigenvalue weighted by Crippen LogP contribution is 1.95. The second-order valence-electron chi connectivity index (χ2n) is 3.95. The van der Waals surface area contributed by atoms with E-state index in [1.54, 1.807) is 0 Å². The summed E-state index contributed by atoms with van der Waals surface area (Å²) in [5, 5.41) is 12.2. The second-order valence-corrected chi connectivity index (χ2v) is 3.95. The van der Waals surface area contributed by atoms with E-state index in [9.17, 15) is 0 Å². The summed E-state index contributed by atoms with van der Waals surface area (Å²) in [6.07, 6.45) is 0. The molecule has 0 aromatic heterocycles. The van der Waals surface area contributed by atoms with E-state index in [1.165, 1.54) is 0 Å². The molecule has 0 spiro atoms. The van der Waals surface area contributed by atoms with Crippen LogP contribution in [0.1, 0.15) is 6.92 Å². The van der Waals surface area contributed by atoms with Crippen molar-refractivity contribution in [1.82, 2.24) is 10.2 Å². The Morgan fingerprint density at radius 1 is 1.43 bits per heavy atom. The Labute approximate surface area is 86.2 Å². The molecule has 0 aliphatic carbocycles. The van der Waals surface area contributed by atoms with Crippen LogP contribution in [-0.2, 0) is 4.74 Å². The van der Waals surface area contributed by atoms with Gasteiger partial charge in [0.1, 0.15) is 0 Å². The van der Waals surface area contributed by atoms with Crippen molar-refractivity contribution in [1.29, 1.82) is 0 Å². The van der Waals surface area contributed by atoms with Crippen LogP contribution in [0.3, 0.4) is 0 Å². The highest BCUT2D eigenvalue weighted by atomic mass is 16.5. The number of ether oxygens (including phenoxy) is 1. The topological polar surface area (TPSA) is 44.7 Å². The van der Waals surface area contributed by atoms with Crippen molar-refractivity contribution in [2.75, 3.05) is 52.5 Å². The minimum atomic E-state index is 0.268. The molecule has 1 aliphatic rings. The SMILES string of the molecule is CC(CO)CNCCN1CCOCC1. The maximum Gasteiger partial charge on any atom is 0.0594 e. The fraction of sp³-hybridized carbons (Fsp3) is 1.00. The average Bonchev–Trinajstić information content (AvgIpc) is 2.25.